The number of cyclic esters (lactones) is 1. The summed E-state index contributed by atoms with van der Waals surface area (Å²) in [6.45, 7) is 2.59. The Labute approximate surface area is 256 Å². The summed E-state index contributed by atoms with van der Waals surface area (Å²) in [7, 11) is 1.32. The Morgan fingerprint density at radius 3 is 2.27 bits per heavy atom. The van der Waals surface area contributed by atoms with Crippen LogP contribution in [-0.2, 0) is 38.1 Å². The van der Waals surface area contributed by atoms with Crippen molar-refractivity contribution >= 4 is 17.8 Å². The van der Waals surface area contributed by atoms with Gasteiger partial charge in [0.1, 0.15) is 11.9 Å². The highest BCUT2D eigenvalue weighted by atomic mass is 19.4. The van der Waals surface area contributed by atoms with E-state index < -0.39 is 53.5 Å². The van der Waals surface area contributed by atoms with Crippen molar-refractivity contribution < 1.29 is 50.9 Å². The van der Waals surface area contributed by atoms with E-state index in [0.29, 0.717) is 18.4 Å². The average molecular weight is 633 g/mol. The largest absolute Gasteiger partial charge is 0.493 e. The van der Waals surface area contributed by atoms with Gasteiger partial charge in [-0.15, -0.1) is 0 Å². The number of hydrogen-bond donors (Lipinski definition) is 1. The predicted octanol–water partition coefficient (Wildman–Crippen LogP) is 4.95. The van der Waals surface area contributed by atoms with Gasteiger partial charge in [0.15, 0.2) is 17.5 Å². The number of ether oxygens (including phenoxy) is 4. The number of esters is 2. The summed E-state index contributed by atoms with van der Waals surface area (Å²) < 4.78 is 75.1. The zero-order valence-electron chi connectivity index (χ0n) is 24.7. The first kappa shape index (κ1) is 33.4. The molecule has 0 spiro atoms. The number of carbonyl (C=O) groups excluding carboxylic acids is 3. The van der Waals surface area contributed by atoms with Crippen molar-refractivity contribution in [2.45, 2.75) is 45.0 Å². The lowest BCUT2D eigenvalue weighted by molar-refractivity contribution is -0.154. The minimum Gasteiger partial charge on any atom is -0.493 e. The molecule has 1 aliphatic heterocycles. The first-order chi connectivity index (χ1) is 21.3. The molecule has 0 saturated carbocycles. The number of rotatable bonds is 8. The second-order valence-electron chi connectivity index (χ2n) is 10.6. The third kappa shape index (κ3) is 8.78. The van der Waals surface area contributed by atoms with Crippen molar-refractivity contribution in [1.82, 2.24) is 10.3 Å². The van der Waals surface area contributed by atoms with Crippen molar-refractivity contribution in [3.05, 3.63) is 89.0 Å². The van der Waals surface area contributed by atoms with E-state index in [1.54, 1.807) is 19.1 Å². The number of benzene rings is 2. The van der Waals surface area contributed by atoms with Crippen molar-refractivity contribution in [1.29, 1.82) is 0 Å². The lowest BCUT2D eigenvalue weighted by Crippen LogP contribution is -2.46. The van der Waals surface area contributed by atoms with Gasteiger partial charge < -0.3 is 24.3 Å². The fourth-order valence-electron chi connectivity index (χ4n) is 5.16. The zero-order valence-corrected chi connectivity index (χ0v) is 24.7. The van der Waals surface area contributed by atoms with E-state index >= 15 is 0 Å². The number of hydrogen-bond acceptors (Lipinski definition) is 8. The van der Waals surface area contributed by atoms with Crippen LogP contribution in [0.2, 0.25) is 0 Å². The number of alkyl halides is 3. The Hall–Kier alpha value is -4.52. The van der Waals surface area contributed by atoms with Gasteiger partial charge in [-0.2, -0.15) is 13.2 Å². The van der Waals surface area contributed by atoms with Crippen LogP contribution in [-0.4, -0.2) is 55.3 Å². The number of aromatic nitrogens is 1. The molecule has 2 heterocycles. The topological polar surface area (TPSA) is 113 Å². The van der Waals surface area contributed by atoms with Crippen LogP contribution in [0, 0.1) is 17.7 Å². The second kappa shape index (κ2) is 14.5. The molecule has 45 heavy (non-hydrogen) atoms. The molecule has 0 bridgehead atoms. The van der Waals surface area contributed by atoms with Gasteiger partial charge in [-0.25, -0.2) is 14.2 Å². The van der Waals surface area contributed by atoms with Crippen molar-refractivity contribution in [3.63, 3.8) is 0 Å². The molecule has 3 aromatic rings. The number of nitrogens with one attached hydrogen (secondary N) is 1. The summed E-state index contributed by atoms with van der Waals surface area (Å²) in [5.74, 6) is -3.70. The molecular formula is C32H32F4N2O7. The molecule has 0 unspecified atom stereocenters. The fourth-order valence-corrected chi connectivity index (χ4v) is 5.16. The summed E-state index contributed by atoms with van der Waals surface area (Å²) in [6.07, 6.45) is -3.31. The molecule has 1 saturated heterocycles. The minimum atomic E-state index is -4.48. The van der Waals surface area contributed by atoms with Crippen LogP contribution in [0.5, 0.6) is 11.5 Å². The van der Waals surface area contributed by atoms with E-state index in [1.165, 1.54) is 43.6 Å². The minimum absolute atomic E-state index is 0.0658. The maximum Gasteiger partial charge on any atom is 0.416 e. The molecule has 4 atom stereocenters. The van der Waals surface area contributed by atoms with Gasteiger partial charge >= 0.3 is 18.1 Å². The molecule has 2 aromatic carbocycles. The standard InChI is InChI=1S/C32H32F4N2O7/c1-18-25(15-21-6-10-24(33)11-7-21)22(14-20-4-8-23(9-5-20)32(34,35)36)16-43-17-26(31(41)44-18)38-30(40)28-29(45-19(2)39)27(42-3)12-13-37-28/h4-13,18,22,25-26H,14-17H2,1-3H3,(H,38,40)/t18-,22-,25-,26-/m0/s1. The summed E-state index contributed by atoms with van der Waals surface area (Å²) in [6, 6.07) is 10.8. The Bertz CT molecular complexity index is 1500. The molecular weight excluding hydrogens is 600 g/mol. The van der Waals surface area contributed by atoms with E-state index in [-0.39, 0.29) is 36.3 Å². The lowest BCUT2D eigenvalue weighted by atomic mass is 9.80. The van der Waals surface area contributed by atoms with E-state index in [2.05, 4.69) is 10.3 Å². The van der Waals surface area contributed by atoms with Crippen LogP contribution in [0.3, 0.4) is 0 Å². The highest BCUT2D eigenvalue weighted by molar-refractivity contribution is 5.98. The zero-order chi connectivity index (χ0) is 32.7. The first-order valence-electron chi connectivity index (χ1n) is 14.1. The third-order valence-electron chi connectivity index (χ3n) is 7.43. The molecule has 1 aliphatic rings. The summed E-state index contributed by atoms with van der Waals surface area (Å²) in [4.78, 5) is 42.2. The molecule has 0 radical (unpaired) electrons. The fraction of sp³-hybridized carbons (Fsp3) is 0.375. The molecule has 0 aliphatic carbocycles. The van der Waals surface area contributed by atoms with Gasteiger partial charge in [0.2, 0.25) is 5.75 Å². The van der Waals surface area contributed by atoms with Crippen LogP contribution in [0.1, 0.15) is 41.0 Å². The van der Waals surface area contributed by atoms with Crippen molar-refractivity contribution in [2.75, 3.05) is 20.3 Å². The van der Waals surface area contributed by atoms with Crippen molar-refractivity contribution in [2.24, 2.45) is 11.8 Å². The Kier molecular flexibility index (Phi) is 10.8. The van der Waals surface area contributed by atoms with Crippen LogP contribution in [0.25, 0.3) is 0 Å². The van der Waals surface area contributed by atoms with Crippen LogP contribution >= 0.6 is 0 Å². The number of methoxy groups -OCH3 is 1. The molecule has 9 nitrogen and oxygen atoms in total. The molecule has 1 amide bonds. The van der Waals surface area contributed by atoms with Gasteiger partial charge in [-0.05, 0) is 61.1 Å². The van der Waals surface area contributed by atoms with Crippen LogP contribution in [0.15, 0.2) is 60.8 Å². The Balaban J connectivity index is 1.58. The maximum absolute atomic E-state index is 13.6. The maximum atomic E-state index is 13.6. The predicted molar refractivity (Wildman–Crippen MR) is 152 cm³/mol. The summed E-state index contributed by atoms with van der Waals surface area (Å²) in [5.41, 5.74) is 0.293. The van der Waals surface area contributed by atoms with Gasteiger partial charge in [0, 0.05) is 25.1 Å². The quantitative estimate of drug-likeness (QED) is 0.274. The smallest absolute Gasteiger partial charge is 0.416 e. The van der Waals surface area contributed by atoms with Gasteiger partial charge in [0.25, 0.3) is 5.91 Å². The highest BCUT2D eigenvalue weighted by Crippen LogP contribution is 2.33. The SMILES string of the molecule is COc1ccnc(C(=O)N[C@H]2COC[C@H](Cc3ccc(C(F)(F)F)cc3)[C@@H](Cc3ccc(F)cc3)[C@H](C)OC2=O)c1OC(C)=O. The molecule has 1 aromatic heterocycles. The normalized spacial score (nSPS) is 20.6. The lowest BCUT2D eigenvalue weighted by Gasteiger charge is -2.31. The number of halogens is 4. The number of pyridine rings is 1. The molecule has 4 rings (SSSR count). The molecule has 1 N–H and O–H groups in total. The Morgan fingerprint density at radius 1 is 1.00 bits per heavy atom. The molecule has 1 fully saturated rings. The first-order valence-corrected chi connectivity index (χ1v) is 14.1. The molecule has 13 heteroatoms. The number of amides is 1. The monoisotopic (exact) mass is 632 g/mol. The van der Waals surface area contributed by atoms with Crippen LogP contribution < -0.4 is 14.8 Å². The van der Waals surface area contributed by atoms with E-state index in [4.69, 9.17) is 18.9 Å². The van der Waals surface area contributed by atoms with Crippen molar-refractivity contribution in [3.8, 4) is 11.5 Å². The highest BCUT2D eigenvalue weighted by Gasteiger charge is 2.36. The van der Waals surface area contributed by atoms with Gasteiger partial charge in [-0.3, -0.25) is 9.59 Å². The van der Waals surface area contributed by atoms with Crippen LogP contribution in [0.4, 0.5) is 17.6 Å². The summed E-state index contributed by atoms with van der Waals surface area (Å²) >= 11 is 0. The van der Waals surface area contributed by atoms with Gasteiger partial charge in [0.05, 0.1) is 25.9 Å². The third-order valence-corrected chi connectivity index (χ3v) is 7.43. The average Bonchev–Trinajstić information content (AvgIpc) is 3.03. The number of carbonyl (C=O) groups is 3. The van der Waals surface area contributed by atoms with E-state index in [1.807, 2.05) is 0 Å². The van der Waals surface area contributed by atoms with E-state index in [0.717, 1.165) is 24.6 Å². The molecule has 240 valence electrons. The summed E-state index contributed by atoms with van der Waals surface area (Å²) in [5, 5.41) is 2.53. The van der Waals surface area contributed by atoms with Gasteiger partial charge in [-0.1, -0.05) is 24.3 Å². The Morgan fingerprint density at radius 2 is 1.64 bits per heavy atom. The van der Waals surface area contributed by atoms with E-state index in [9.17, 15) is 31.9 Å². The second-order valence-corrected chi connectivity index (χ2v) is 10.6. The number of nitrogens with zero attached hydrogens (tertiary/aromatic N) is 1.